The van der Waals surface area contributed by atoms with Crippen LogP contribution in [0, 0.1) is 11.3 Å². The molecule has 0 radical (unpaired) electrons. The molecule has 1 saturated heterocycles. The number of aromatic nitrogens is 1. The number of likely N-dealkylation sites (tertiary alicyclic amines) is 1. The molecule has 1 aliphatic heterocycles. The lowest BCUT2D eigenvalue weighted by molar-refractivity contribution is -0.136. The molecule has 0 spiro atoms. The summed E-state index contributed by atoms with van der Waals surface area (Å²) in [5.74, 6) is 0.858. The van der Waals surface area contributed by atoms with E-state index in [1.807, 2.05) is 29.2 Å². The number of halogens is 1. The minimum atomic E-state index is -0.488. The van der Waals surface area contributed by atoms with E-state index in [0.717, 1.165) is 44.0 Å². The zero-order valence-corrected chi connectivity index (χ0v) is 18.6. The number of benzene rings is 1. The van der Waals surface area contributed by atoms with Crippen molar-refractivity contribution in [2.24, 2.45) is 17.1 Å². The normalized spacial score (nSPS) is 20.8. The first-order chi connectivity index (χ1) is 14.6. The molecule has 2 aromatic rings. The molecule has 162 valence electrons. The molecule has 1 amide bonds. The highest BCUT2D eigenvalue weighted by Crippen LogP contribution is 2.47. The third-order valence-corrected chi connectivity index (χ3v) is 7.64. The first kappa shape index (κ1) is 21.5. The van der Waals surface area contributed by atoms with E-state index in [9.17, 15) is 4.79 Å². The molecule has 1 unspecified atom stereocenters. The number of amides is 1. The first-order valence-electron chi connectivity index (χ1n) is 11.5. The topological polar surface area (TPSA) is 51.3 Å². The molecule has 4 nitrogen and oxygen atoms in total. The van der Waals surface area contributed by atoms with Crippen molar-refractivity contribution < 1.29 is 4.79 Å². The van der Waals surface area contributed by atoms with E-state index in [2.05, 4.69) is 29.1 Å². The molecular weight excluding hydrogens is 394 g/mol. The van der Waals surface area contributed by atoms with Crippen molar-refractivity contribution in [1.29, 1.82) is 0 Å². The Morgan fingerprint density at radius 2 is 1.70 bits per heavy atom. The van der Waals surface area contributed by atoms with E-state index in [1.165, 1.54) is 32.1 Å². The number of nitrogens with two attached hydrogens (primary N) is 1. The Labute approximate surface area is 185 Å². The third-order valence-electron chi connectivity index (χ3n) is 7.39. The van der Waals surface area contributed by atoms with Gasteiger partial charge in [-0.2, -0.15) is 0 Å². The number of nitrogens with zero attached hydrogens (tertiary/aromatic N) is 2. The number of piperidine rings is 1. The Morgan fingerprint density at radius 3 is 2.33 bits per heavy atom. The van der Waals surface area contributed by atoms with Crippen molar-refractivity contribution in [1.82, 2.24) is 9.47 Å². The smallest absolute Gasteiger partial charge is 0.239 e. The van der Waals surface area contributed by atoms with Gasteiger partial charge in [0, 0.05) is 37.1 Å². The molecular formula is C25H34ClN3O. The molecule has 1 aromatic heterocycles. The maximum Gasteiger partial charge on any atom is 0.239 e. The molecule has 4 rings (SSSR count). The monoisotopic (exact) mass is 427 g/mol. The second-order valence-electron chi connectivity index (χ2n) is 9.32. The molecule has 2 fully saturated rings. The van der Waals surface area contributed by atoms with E-state index < -0.39 is 6.04 Å². The highest BCUT2D eigenvalue weighted by Gasteiger charge is 2.43. The van der Waals surface area contributed by atoms with Gasteiger partial charge in [-0.3, -0.25) is 4.79 Å². The highest BCUT2D eigenvalue weighted by atomic mass is 35.5. The lowest BCUT2D eigenvalue weighted by atomic mass is 9.63. The predicted octanol–water partition coefficient (Wildman–Crippen LogP) is 4.90. The molecule has 2 aliphatic rings. The van der Waals surface area contributed by atoms with Crippen LogP contribution < -0.4 is 5.73 Å². The van der Waals surface area contributed by atoms with Gasteiger partial charge < -0.3 is 15.2 Å². The van der Waals surface area contributed by atoms with Crippen LogP contribution in [0.15, 0.2) is 48.8 Å². The number of hydrogen-bond donors (Lipinski definition) is 1. The van der Waals surface area contributed by atoms with Gasteiger partial charge in [-0.25, -0.2) is 0 Å². The standard InChI is InChI=1S/C25H34ClN3O/c26-22-10-8-20(9-11-22)18-23(27)24(30)29-16-12-25(13-17-29,19-28-14-4-5-15-28)21-6-2-1-3-7-21/h4-5,8-11,14-15,21,23H,1-3,6-7,12-13,16-19,27H2. The largest absolute Gasteiger partial charge is 0.354 e. The molecule has 1 aliphatic carbocycles. The second-order valence-corrected chi connectivity index (χ2v) is 9.75. The summed E-state index contributed by atoms with van der Waals surface area (Å²) in [6.07, 6.45) is 13.8. The van der Waals surface area contributed by atoms with Crippen molar-refractivity contribution in [2.45, 2.75) is 64.0 Å². The second kappa shape index (κ2) is 9.57. The summed E-state index contributed by atoms with van der Waals surface area (Å²) in [7, 11) is 0. The molecule has 2 N–H and O–H groups in total. The van der Waals surface area contributed by atoms with Crippen LogP contribution in [0.4, 0.5) is 0 Å². The van der Waals surface area contributed by atoms with Crippen LogP contribution >= 0.6 is 11.6 Å². The number of rotatable bonds is 6. The molecule has 5 heteroatoms. The Kier molecular flexibility index (Phi) is 6.84. The van der Waals surface area contributed by atoms with E-state index in [-0.39, 0.29) is 5.91 Å². The van der Waals surface area contributed by atoms with E-state index in [1.54, 1.807) is 0 Å². The molecule has 30 heavy (non-hydrogen) atoms. The molecule has 1 atom stereocenters. The Balaban J connectivity index is 1.40. The fraction of sp³-hybridized carbons (Fsp3) is 0.560. The average Bonchev–Trinajstić information content (AvgIpc) is 3.29. The van der Waals surface area contributed by atoms with Gasteiger partial charge in [0.25, 0.3) is 0 Å². The average molecular weight is 428 g/mol. The highest BCUT2D eigenvalue weighted by molar-refractivity contribution is 6.30. The van der Waals surface area contributed by atoms with Crippen LogP contribution in [-0.2, 0) is 17.8 Å². The van der Waals surface area contributed by atoms with Crippen LogP contribution in [0.5, 0.6) is 0 Å². The molecule has 2 heterocycles. The van der Waals surface area contributed by atoms with Crippen LogP contribution in [0.1, 0.15) is 50.5 Å². The zero-order chi connectivity index (χ0) is 21.0. The minimum Gasteiger partial charge on any atom is -0.354 e. The van der Waals surface area contributed by atoms with Crippen LogP contribution in [0.25, 0.3) is 0 Å². The Morgan fingerprint density at radius 1 is 1.07 bits per heavy atom. The van der Waals surface area contributed by atoms with Gasteiger partial charge in [0.15, 0.2) is 0 Å². The maximum absolute atomic E-state index is 13.0. The van der Waals surface area contributed by atoms with Gasteiger partial charge in [-0.15, -0.1) is 0 Å². The maximum atomic E-state index is 13.0. The SMILES string of the molecule is NC(Cc1ccc(Cl)cc1)C(=O)N1CCC(Cn2cccc2)(C2CCCCC2)CC1. The Hall–Kier alpha value is -1.78. The summed E-state index contributed by atoms with van der Waals surface area (Å²) in [6, 6.07) is 11.4. The van der Waals surface area contributed by atoms with Crippen molar-refractivity contribution in [3.8, 4) is 0 Å². The summed E-state index contributed by atoms with van der Waals surface area (Å²) in [6.45, 7) is 2.72. The van der Waals surface area contributed by atoms with Crippen LogP contribution in [0.3, 0.4) is 0 Å². The van der Waals surface area contributed by atoms with Gasteiger partial charge in [0.2, 0.25) is 5.91 Å². The quantitative estimate of drug-likeness (QED) is 0.712. The first-order valence-corrected chi connectivity index (χ1v) is 11.8. The van der Waals surface area contributed by atoms with E-state index in [4.69, 9.17) is 17.3 Å². The van der Waals surface area contributed by atoms with Gasteiger partial charge in [0.1, 0.15) is 0 Å². The van der Waals surface area contributed by atoms with E-state index >= 15 is 0 Å². The van der Waals surface area contributed by atoms with Crippen molar-refractivity contribution in [2.75, 3.05) is 13.1 Å². The number of carbonyl (C=O) groups excluding carboxylic acids is 1. The summed E-state index contributed by atoms with van der Waals surface area (Å²) in [5.41, 5.74) is 7.67. The van der Waals surface area contributed by atoms with Gasteiger partial charge in [0.05, 0.1) is 6.04 Å². The number of carbonyl (C=O) groups is 1. The summed E-state index contributed by atoms with van der Waals surface area (Å²) < 4.78 is 2.35. The lowest BCUT2D eigenvalue weighted by Crippen LogP contribution is -2.52. The predicted molar refractivity (Wildman–Crippen MR) is 122 cm³/mol. The minimum absolute atomic E-state index is 0.0863. The number of hydrogen-bond acceptors (Lipinski definition) is 2. The van der Waals surface area contributed by atoms with Crippen molar-refractivity contribution >= 4 is 17.5 Å². The van der Waals surface area contributed by atoms with Crippen molar-refractivity contribution in [3.05, 3.63) is 59.4 Å². The van der Waals surface area contributed by atoms with Gasteiger partial charge in [-0.05, 0) is 73.3 Å². The van der Waals surface area contributed by atoms with Crippen LogP contribution in [0.2, 0.25) is 5.02 Å². The summed E-state index contributed by atoms with van der Waals surface area (Å²) in [4.78, 5) is 15.1. The molecule has 0 bridgehead atoms. The summed E-state index contributed by atoms with van der Waals surface area (Å²) >= 11 is 5.97. The van der Waals surface area contributed by atoms with E-state index in [0.29, 0.717) is 16.9 Å². The zero-order valence-electron chi connectivity index (χ0n) is 17.8. The Bertz CT molecular complexity index is 803. The molecule has 1 saturated carbocycles. The molecule has 1 aromatic carbocycles. The summed E-state index contributed by atoms with van der Waals surface area (Å²) in [5, 5.41) is 0.705. The fourth-order valence-corrected chi connectivity index (χ4v) is 5.74. The third kappa shape index (κ3) is 4.92. The van der Waals surface area contributed by atoms with Crippen molar-refractivity contribution in [3.63, 3.8) is 0 Å². The van der Waals surface area contributed by atoms with Gasteiger partial charge >= 0.3 is 0 Å². The fourth-order valence-electron chi connectivity index (χ4n) is 5.62. The van der Waals surface area contributed by atoms with Crippen LogP contribution in [-0.4, -0.2) is 34.5 Å². The lowest BCUT2D eigenvalue weighted by Gasteiger charge is -2.48. The van der Waals surface area contributed by atoms with Gasteiger partial charge in [-0.1, -0.05) is 43.0 Å².